The molecule has 0 bridgehead atoms. The zero-order valence-corrected chi connectivity index (χ0v) is 15.2. The average Bonchev–Trinajstić information content (AvgIpc) is 3.26. The molecule has 1 aromatic carbocycles. The first kappa shape index (κ1) is 17.6. The number of imidazole rings is 1. The zero-order valence-electron chi connectivity index (χ0n) is 15.2. The van der Waals surface area contributed by atoms with Crippen LogP contribution >= 0.6 is 0 Å². The van der Waals surface area contributed by atoms with Crippen molar-refractivity contribution in [2.75, 3.05) is 11.4 Å². The Bertz CT molecular complexity index is 1270. The van der Waals surface area contributed by atoms with Gasteiger partial charge >= 0.3 is 5.69 Å². The predicted octanol–water partition coefficient (Wildman–Crippen LogP) is -0.0688. The maximum atomic E-state index is 12.9. The zero-order chi connectivity index (χ0) is 20.2. The highest BCUT2D eigenvalue weighted by molar-refractivity contribution is 5.95. The van der Waals surface area contributed by atoms with Crippen LogP contribution in [-0.4, -0.2) is 36.1 Å². The number of nitrogens with zero attached hydrogens (tertiary/aromatic N) is 6. The van der Waals surface area contributed by atoms with Crippen molar-refractivity contribution >= 4 is 28.4 Å². The molecule has 1 aliphatic rings. The molecule has 0 spiro atoms. The second-order valence-corrected chi connectivity index (χ2v) is 6.63. The molecule has 0 fully saturated rings. The van der Waals surface area contributed by atoms with E-state index in [1.165, 1.54) is 39.5 Å². The summed E-state index contributed by atoms with van der Waals surface area (Å²) in [6, 6.07) is 4.35. The Balaban J connectivity index is 1.75. The van der Waals surface area contributed by atoms with E-state index >= 15 is 0 Å². The predicted molar refractivity (Wildman–Crippen MR) is 99.4 cm³/mol. The van der Waals surface area contributed by atoms with Crippen molar-refractivity contribution in [3.63, 3.8) is 0 Å². The number of anilines is 1. The minimum atomic E-state index is -0.650. The third kappa shape index (κ3) is 2.51. The number of hydrogen-bond donors (Lipinski definition) is 0. The maximum absolute atomic E-state index is 12.9. The monoisotopic (exact) mass is 384 g/mol. The van der Waals surface area contributed by atoms with Gasteiger partial charge in [-0.15, -0.1) is 0 Å². The highest BCUT2D eigenvalue weighted by atomic mass is 16.6. The Labute approximate surface area is 157 Å². The van der Waals surface area contributed by atoms with Crippen LogP contribution in [-0.2, 0) is 31.9 Å². The van der Waals surface area contributed by atoms with Crippen LogP contribution in [0.2, 0.25) is 0 Å². The van der Waals surface area contributed by atoms with E-state index in [9.17, 15) is 24.5 Å². The summed E-state index contributed by atoms with van der Waals surface area (Å²) in [5, 5.41) is 11.0. The fourth-order valence-electron chi connectivity index (χ4n) is 3.50. The molecule has 3 heterocycles. The minimum absolute atomic E-state index is 0.122. The Hall–Kier alpha value is -3.76. The first-order valence-electron chi connectivity index (χ1n) is 8.48. The number of aryl methyl sites for hydroxylation is 2. The van der Waals surface area contributed by atoms with E-state index in [4.69, 9.17) is 0 Å². The van der Waals surface area contributed by atoms with Gasteiger partial charge in [0.15, 0.2) is 11.2 Å². The van der Waals surface area contributed by atoms with Crippen LogP contribution in [0.3, 0.4) is 0 Å². The molecule has 0 unspecified atom stereocenters. The second-order valence-electron chi connectivity index (χ2n) is 6.63. The molecule has 144 valence electrons. The van der Waals surface area contributed by atoms with E-state index in [1.807, 2.05) is 0 Å². The smallest absolute Gasteiger partial charge is 0.328 e. The Kier molecular flexibility index (Phi) is 3.87. The number of nitro benzene ring substituents is 1. The number of aromatic nitrogens is 4. The molecule has 0 N–H and O–H groups in total. The summed E-state index contributed by atoms with van der Waals surface area (Å²) < 4.78 is 3.57. The fraction of sp³-hybridized carbons (Fsp3) is 0.294. The van der Waals surface area contributed by atoms with Crippen LogP contribution < -0.4 is 16.1 Å². The van der Waals surface area contributed by atoms with Gasteiger partial charge in [0, 0.05) is 32.8 Å². The van der Waals surface area contributed by atoms with Crippen molar-refractivity contribution in [2.24, 2.45) is 14.1 Å². The minimum Gasteiger partial charge on any atom is -0.328 e. The van der Waals surface area contributed by atoms with Gasteiger partial charge in [-0.2, -0.15) is 0 Å². The van der Waals surface area contributed by atoms with Gasteiger partial charge in [-0.1, -0.05) is 6.07 Å². The number of carbonyl (C=O) groups is 1. The third-order valence-corrected chi connectivity index (χ3v) is 4.97. The van der Waals surface area contributed by atoms with Crippen molar-refractivity contribution in [2.45, 2.75) is 13.0 Å². The van der Waals surface area contributed by atoms with Gasteiger partial charge in [-0.05, 0) is 12.0 Å². The molecule has 0 radical (unpaired) electrons. The van der Waals surface area contributed by atoms with Gasteiger partial charge in [-0.25, -0.2) is 14.3 Å². The molecule has 3 aromatic rings. The van der Waals surface area contributed by atoms with Gasteiger partial charge in [0.2, 0.25) is 5.91 Å². The van der Waals surface area contributed by atoms with Crippen molar-refractivity contribution in [3.8, 4) is 0 Å². The van der Waals surface area contributed by atoms with Crippen LogP contribution in [0, 0.1) is 10.1 Å². The number of nitro groups is 1. The van der Waals surface area contributed by atoms with E-state index in [2.05, 4.69) is 4.98 Å². The molecule has 0 aliphatic carbocycles. The summed E-state index contributed by atoms with van der Waals surface area (Å²) in [5.41, 5.74) is 0.318. The molecule has 2 aromatic heterocycles. The molecule has 28 heavy (non-hydrogen) atoms. The number of fused-ring (bicyclic) bond motifs is 2. The SMILES string of the molecule is Cn1cnc2c1c(=O)n(CC(=O)N1CCc3ccc([N+](=O)[O-])cc31)c(=O)n2C. The molecular weight excluding hydrogens is 368 g/mol. The highest BCUT2D eigenvalue weighted by Crippen LogP contribution is 2.31. The second kappa shape index (κ2) is 6.15. The molecule has 4 rings (SSSR count). The summed E-state index contributed by atoms with van der Waals surface area (Å²) in [6.07, 6.45) is 1.97. The molecule has 1 aliphatic heterocycles. The summed E-state index contributed by atoms with van der Waals surface area (Å²) in [4.78, 5) is 54.1. The van der Waals surface area contributed by atoms with Crippen LogP contribution in [0.15, 0.2) is 34.1 Å². The normalized spacial score (nSPS) is 13.1. The molecule has 0 saturated heterocycles. The highest BCUT2D eigenvalue weighted by Gasteiger charge is 2.28. The standard InChI is InChI=1S/C17H16N6O5/c1-19-9-18-15-14(19)16(25)22(17(26)20(15)2)8-13(24)21-6-5-10-3-4-11(23(27)28)7-12(10)21/h3-4,7,9H,5-6,8H2,1-2H3. The van der Waals surface area contributed by atoms with E-state index < -0.39 is 28.6 Å². The average molecular weight is 384 g/mol. The van der Waals surface area contributed by atoms with Crippen molar-refractivity contribution < 1.29 is 9.72 Å². The van der Waals surface area contributed by atoms with Crippen LogP contribution in [0.25, 0.3) is 11.2 Å². The van der Waals surface area contributed by atoms with E-state index in [0.717, 1.165) is 10.1 Å². The number of amides is 1. The Morgan fingerprint density at radius 2 is 2.04 bits per heavy atom. The van der Waals surface area contributed by atoms with Crippen LogP contribution in [0.1, 0.15) is 5.56 Å². The number of hydrogen-bond acceptors (Lipinski definition) is 6. The molecular formula is C17H16N6O5. The molecule has 0 saturated carbocycles. The Morgan fingerprint density at radius 1 is 1.29 bits per heavy atom. The van der Waals surface area contributed by atoms with E-state index in [1.54, 1.807) is 13.1 Å². The third-order valence-electron chi connectivity index (χ3n) is 4.97. The van der Waals surface area contributed by atoms with Gasteiger partial charge in [0.05, 0.1) is 16.9 Å². The van der Waals surface area contributed by atoms with E-state index in [0.29, 0.717) is 18.7 Å². The summed E-state index contributed by atoms with van der Waals surface area (Å²) in [6.45, 7) is -0.132. The first-order chi connectivity index (χ1) is 13.3. The van der Waals surface area contributed by atoms with Gasteiger partial charge in [-0.3, -0.25) is 24.3 Å². The van der Waals surface area contributed by atoms with Crippen LogP contribution in [0.4, 0.5) is 11.4 Å². The lowest BCUT2D eigenvalue weighted by Gasteiger charge is -2.18. The van der Waals surface area contributed by atoms with Crippen LogP contribution in [0.5, 0.6) is 0 Å². The first-order valence-corrected chi connectivity index (χ1v) is 8.48. The summed E-state index contributed by atoms with van der Waals surface area (Å²) in [5.74, 6) is -0.486. The molecule has 11 nitrogen and oxygen atoms in total. The summed E-state index contributed by atoms with van der Waals surface area (Å²) in [7, 11) is 3.11. The lowest BCUT2D eigenvalue weighted by atomic mass is 10.1. The lowest BCUT2D eigenvalue weighted by molar-refractivity contribution is -0.384. The molecule has 0 atom stereocenters. The summed E-state index contributed by atoms with van der Waals surface area (Å²) >= 11 is 0. The maximum Gasteiger partial charge on any atom is 0.332 e. The van der Waals surface area contributed by atoms with E-state index in [-0.39, 0.29) is 16.9 Å². The van der Waals surface area contributed by atoms with Crippen molar-refractivity contribution in [3.05, 3.63) is 61.0 Å². The van der Waals surface area contributed by atoms with Gasteiger partial charge < -0.3 is 9.47 Å². The quantitative estimate of drug-likeness (QED) is 0.460. The Morgan fingerprint density at radius 3 is 2.75 bits per heavy atom. The number of rotatable bonds is 3. The van der Waals surface area contributed by atoms with Crippen molar-refractivity contribution in [1.82, 2.24) is 18.7 Å². The van der Waals surface area contributed by atoms with Crippen molar-refractivity contribution in [1.29, 1.82) is 0 Å². The van der Waals surface area contributed by atoms with Gasteiger partial charge in [0.1, 0.15) is 6.54 Å². The lowest BCUT2D eigenvalue weighted by Crippen LogP contribution is -2.44. The number of benzene rings is 1. The number of carbonyl (C=O) groups excluding carboxylic acids is 1. The number of non-ortho nitro benzene ring substituents is 1. The largest absolute Gasteiger partial charge is 0.332 e. The topological polar surface area (TPSA) is 125 Å². The molecule has 11 heteroatoms. The van der Waals surface area contributed by atoms with Gasteiger partial charge in [0.25, 0.3) is 11.2 Å². The fourth-order valence-corrected chi connectivity index (χ4v) is 3.50. The molecule has 1 amide bonds.